The summed E-state index contributed by atoms with van der Waals surface area (Å²) >= 11 is 0. The molecule has 1 saturated heterocycles. The lowest BCUT2D eigenvalue weighted by atomic mass is 9.86. The van der Waals surface area contributed by atoms with Gasteiger partial charge in [-0.05, 0) is 56.9 Å². The van der Waals surface area contributed by atoms with Crippen LogP contribution in [0.4, 0.5) is 4.39 Å². The Labute approximate surface area is 198 Å². The molecule has 2 aliphatic rings. The van der Waals surface area contributed by atoms with E-state index in [1.807, 2.05) is 19.0 Å². The Kier molecular flexibility index (Phi) is 6.86. The minimum absolute atomic E-state index is 0.170. The van der Waals surface area contributed by atoms with Gasteiger partial charge in [-0.3, -0.25) is 14.4 Å². The topological polar surface area (TPSA) is 94.9 Å². The predicted molar refractivity (Wildman–Crippen MR) is 125 cm³/mol. The van der Waals surface area contributed by atoms with Crippen LogP contribution in [0.25, 0.3) is 11.1 Å². The highest BCUT2D eigenvalue weighted by molar-refractivity contribution is 5.83. The Bertz CT molecular complexity index is 1150. The molecule has 9 heteroatoms. The van der Waals surface area contributed by atoms with Crippen molar-refractivity contribution in [1.29, 1.82) is 0 Å². The molecule has 2 aromatic rings. The number of nitrogens with zero attached hydrogens (tertiary/aromatic N) is 3. The van der Waals surface area contributed by atoms with E-state index >= 15 is 0 Å². The average molecular weight is 471 g/mol. The first-order valence-electron chi connectivity index (χ1n) is 11.6. The van der Waals surface area contributed by atoms with E-state index in [2.05, 4.69) is 5.32 Å². The summed E-state index contributed by atoms with van der Waals surface area (Å²) in [5, 5.41) is 13.2. The molecule has 1 aromatic heterocycles. The maximum atomic E-state index is 13.8. The highest BCUT2D eigenvalue weighted by Gasteiger charge is 2.56. The molecule has 182 valence electrons. The molecule has 2 N–H and O–H groups in total. The molecule has 3 heterocycles. The van der Waals surface area contributed by atoms with Crippen LogP contribution in [0.2, 0.25) is 0 Å². The molecule has 0 aliphatic carbocycles. The Morgan fingerprint density at radius 3 is 2.65 bits per heavy atom. The van der Waals surface area contributed by atoms with Gasteiger partial charge < -0.3 is 24.8 Å². The number of fused-ring (bicyclic) bond motifs is 4. The third-order valence-electron chi connectivity index (χ3n) is 6.93. The number of aromatic nitrogens is 1. The molecule has 8 nitrogen and oxygen atoms in total. The predicted octanol–water partition coefficient (Wildman–Crippen LogP) is 1.23. The van der Waals surface area contributed by atoms with Crippen molar-refractivity contribution < 1.29 is 19.1 Å². The third-order valence-corrected chi connectivity index (χ3v) is 6.93. The zero-order chi connectivity index (χ0) is 24.6. The first kappa shape index (κ1) is 24.1. The summed E-state index contributed by atoms with van der Waals surface area (Å²) in [5.74, 6) is -2.05. The molecule has 2 amide bonds. The van der Waals surface area contributed by atoms with Crippen molar-refractivity contribution in [3.05, 3.63) is 58.3 Å². The number of hydrogen-bond donors (Lipinski definition) is 2. The molecule has 1 aromatic carbocycles. The van der Waals surface area contributed by atoms with Crippen molar-refractivity contribution in [2.45, 2.75) is 32.0 Å². The molecule has 4 rings (SSSR count). The lowest BCUT2D eigenvalue weighted by Crippen LogP contribution is -2.48. The fraction of sp³-hybridized carbons (Fsp3) is 0.480. The van der Waals surface area contributed by atoms with Crippen molar-refractivity contribution in [1.82, 2.24) is 19.7 Å². The molecule has 2 bridgehead atoms. The van der Waals surface area contributed by atoms with Gasteiger partial charge in [-0.15, -0.1) is 0 Å². The van der Waals surface area contributed by atoms with Crippen LogP contribution in [-0.4, -0.2) is 71.1 Å². The zero-order valence-corrected chi connectivity index (χ0v) is 19.7. The number of nitrogens with one attached hydrogen (secondary N) is 1. The number of aliphatic hydroxyl groups excluding tert-OH is 1. The molecule has 0 radical (unpaired) electrons. The van der Waals surface area contributed by atoms with E-state index in [9.17, 15) is 23.9 Å². The summed E-state index contributed by atoms with van der Waals surface area (Å²) in [6, 6.07) is 8.07. The van der Waals surface area contributed by atoms with Crippen molar-refractivity contribution >= 4 is 11.8 Å². The fourth-order valence-corrected chi connectivity index (χ4v) is 5.44. The normalized spacial score (nSPS) is 23.2. The number of carbonyl (C=O) groups excluding carboxylic acids is 2. The maximum absolute atomic E-state index is 13.8. The van der Waals surface area contributed by atoms with Crippen LogP contribution >= 0.6 is 0 Å². The third kappa shape index (κ3) is 4.25. The summed E-state index contributed by atoms with van der Waals surface area (Å²) < 4.78 is 15.4. The van der Waals surface area contributed by atoms with Crippen molar-refractivity contribution in [3.8, 4) is 11.1 Å². The zero-order valence-electron chi connectivity index (χ0n) is 19.7. The standard InChI is InChI=1S/C25H31FN4O4/c1-15(32)30-21-13-29-20(9-8-18(25(29)34)16-6-4-7-17(26)12-16)23(30)22(19(21)14-31)24(33)27-10-5-11-28(2)3/h4,6-9,12,19,21-23,31H,5,10-11,13-14H2,1-3H3,(H,27,33)/t19-,21-,22+,23+/m1/s1. The Morgan fingerprint density at radius 2 is 2.00 bits per heavy atom. The van der Waals surface area contributed by atoms with Crippen LogP contribution < -0.4 is 10.9 Å². The number of aliphatic hydroxyl groups is 1. The van der Waals surface area contributed by atoms with E-state index in [0.717, 1.165) is 13.0 Å². The summed E-state index contributed by atoms with van der Waals surface area (Å²) in [7, 11) is 3.92. The second-order valence-electron chi connectivity index (χ2n) is 9.36. The Morgan fingerprint density at radius 1 is 1.24 bits per heavy atom. The maximum Gasteiger partial charge on any atom is 0.258 e. The minimum atomic E-state index is -0.675. The molecule has 2 aliphatic heterocycles. The highest BCUT2D eigenvalue weighted by atomic mass is 19.1. The van der Waals surface area contributed by atoms with Crippen LogP contribution in [-0.2, 0) is 16.1 Å². The van der Waals surface area contributed by atoms with Gasteiger partial charge in [0, 0.05) is 43.8 Å². The van der Waals surface area contributed by atoms with Gasteiger partial charge in [0.1, 0.15) is 5.82 Å². The van der Waals surface area contributed by atoms with Crippen LogP contribution in [0.5, 0.6) is 0 Å². The highest BCUT2D eigenvalue weighted by Crippen LogP contribution is 2.48. The van der Waals surface area contributed by atoms with Gasteiger partial charge in [0.15, 0.2) is 0 Å². The molecule has 0 unspecified atom stereocenters. The van der Waals surface area contributed by atoms with Crippen molar-refractivity contribution in [3.63, 3.8) is 0 Å². The summed E-state index contributed by atoms with van der Waals surface area (Å²) in [6.45, 7) is 2.64. The number of halogens is 1. The van der Waals surface area contributed by atoms with Gasteiger partial charge in [-0.2, -0.15) is 0 Å². The van der Waals surface area contributed by atoms with Gasteiger partial charge in [0.25, 0.3) is 5.56 Å². The fourth-order valence-electron chi connectivity index (χ4n) is 5.44. The largest absolute Gasteiger partial charge is 0.396 e. The van der Waals surface area contributed by atoms with Crippen LogP contribution in [0, 0.1) is 17.7 Å². The number of carbonyl (C=O) groups is 2. The first-order valence-corrected chi connectivity index (χ1v) is 11.6. The van der Waals surface area contributed by atoms with Gasteiger partial charge in [-0.25, -0.2) is 4.39 Å². The van der Waals surface area contributed by atoms with Gasteiger partial charge in [0.2, 0.25) is 11.8 Å². The Balaban J connectivity index is 1.73. The van der Waals surface area contributed by atoms with Crippen molar-refractivity contribution in [2.24, 2.45) is 11.8 Å². The smallest absolute Gasteiger partial charge is 0.258 e. The number of benzene rings is 1. The number of pyridine rings is 1. The molecule has 34 heavy (non-hydrogen) atoms. The second-order valence-corrected chi connectivity index (χ2v) is 9.36. The monoisotopic (exact) mass is 470 g/mol. The van der Waals surface area contributed by atoms with Crippen molar-refractivity contribution in [2.75, 3.05) is 33.8 Å². The van der Waals surface area contributed by atoms with Gasteiger partial charge in [-0.1, -0.05) is 12.1 Å². The lowest BCUT2D eigenvalue weighted by Gasteiger charge is -2.37. The minimum Gasteiger partial charge on any atom is -0.396 e. The molecule has 1 fully saturated rings. The molecular weight excluding hydrogens is 439 g/mol. The van der Waals surface area contributed by atoms with E-state index in [1.54, 1.807) is 33.7 Å². The number of rotatable bonds is 7. The number of amides is 2. The summed E-state index contributed by atoms with van der Waals surface area (Å²) in [4.78, 5) is 43.0. The molecule has 0 saturated carbocycles. The van der Waals surface area contributed by atoms with E-state index < -0.39 is 29.7 Å². The summed E-state index contributed by atoms with van der Waals surface area (Å²) in [5.41, 5.74) is 1.07. The molecule has 4 atom stereocenters. The van der Waals surface area contributed by atoms with E-state index in [4.69, 9.17) is 0 Å². The van der Waals surface area contributed by atoms with E-state index in [0.29, 0.717) is 23.4 Å². The van der Waals surface area contributed by atoms with E-state index in [-0.39, 0.29) is 30.5 Å². The number of hydrogen-bond acceptors (Lipinski definition) is 5. The van der Waals surface area contributed by atoms with E-state index in [1.165, 1.54) is 19.1 Å². The quantitative estimate of drug-likeness (QED) is 0.594. The van der Waals surface area contributed by atoms with Gasteiger partial charge >= 0.3 is 0 Å². The van der Waals surface area contributed by atoms with Gasteiger partial charge in [0.05, 0.1) is 18.0 Å². The average Bonchev–Trinajstić information content (AvgIpc) is 3.04. The first-order chi connectivity index (χ1) is 16.2. The SMILES string of the molecule is CC(=O)N1[C@@H]2Cn3c(ccc(-c4cccc(F)c4)c3=O)[C@H]1[C@@H](C(=O)NCCCN(C)C)[C@@H]2CO. The molecular formula is C25H31FN4O4. The van der Waals surface area contributed by atoms with Crippen LogP contribution in [0.1, 0.15) is 25.1 Å². The van der Waals surface area contributed by atoms with Crippen LogP contribution in [0.15, 0.2) is 41.2 Å². The molecule has 0 spiro atoms. The Hall–Kier alpha value is -3.04. The lowest BCUT2D eigenvalue weighted by molar-refractivity contribution is -0.134. The van der Waals surface area contributed by atoms with Crippen LogP contribution in [0.3, 0.4) is 0 Å². The second kappa shape index (κ2) is 9.68. The summed E-state index contributed by atoms with van der Waals surface area (Å²) in [6.07, 6.45) is 0.771.